The first-order chi connectivity index (χ1) is 16.1. The average molecular weight is 447 g/mol. The Morgan fingerprint density at radius 2 is 2.00 bits per heavy atom. The lowest BCUT2D eigenvalue weighted by atomic mass is 9.95. The summed E-state index contributed by atoms with van der Waals surface area (Å²) in [7, 11) is 0. The topological polar surface area (TPSA) is 73.6 Å². The zero-order valence-corrected chi connectivity index (χ0v) is 19.2. The highest BCUT2D eigenvalue weighted by Crippen LogP contribution is 2.23. The molecule has 172 valence electrons. The molecule has 0 bridgehead atoms. The SMILES string of the molecule is CCOC(=O)C1=C(Cc2cccc(OCCc3nc(-c4ccccc4)oc3C)c2)CNCC1. The highest BCUT2D eigenvalue weighted by molar-refractivity contribution is 5.89. The lowest BCUT2D eigenvalue weighted by Crippen LogP contribution is -2.29. The van der Waals surface area contributed by atoms with Crippen molar-refractivity contribution >= 4 is 5.97 Å². The van der Waals surface area contributed by atoms with Gasteiger partial charge in [0.15, 0.2) is 0 Å². The van der Waals surface area contributed by atoms with Gasteiger partial charge in [-0.05, 0) is 68.6 Å². The van der Waals surface area contributed by atoms with Crippen LogP contribution in [0.5, 0.6) is 5.75 Å². The highest BCUT2D eigenvalue weighted by atomic mass is 16.5. The molecule has 6 heteroatoms. The van der Waals surface area contributed by atoms with Crippen LogP contribution < -0.4 is 10.1 Å². The maximum absolute atomic E-state index is 12.3. The quantitative estimate of drug-likeness (QED) is 0.482. The van der Waals surface area contributed by atoms with Gasteiger partial charge in [-0.3, -0.25) is 0 Å². The lowest BCUT2D eigenvalue weighted by molar-refractivity contribution is -0.138. The molecule has 0 spiro atoms. The Kier molecular flexibility index (Phi) is 7.58. The third kappa shape index (κ3) is 5.90. The van der Waals surface area contributed by atoms with Crippen molar-refractivity contribution in [2.45, 2.75) is 33.1 Å². The molecule has 6 nitrogen and oxygen atoms in total. The van der Waals surface area contributed by atoms with Crippen LogP contribution in [0.1, 0.15) is 30.4 Å². The smallest absolute Gasteiger partial charge is 0.334 e. The van der Waals surface area contributed by atoms with Crippen molar-refractivity contribution in [3.8, 4) is 17.2 Å². The largest absolute Gasteiger partial charge is 0.493 e. The summed E-state index contributed by atoms with van der Waals surface area (Å²) in [5.41, 5.74) is 4.87. The van der Waals surface area contributed by atoms with Gasteiger partial charge in [-0.25, -0.2) is 9.78 Å². The number of hydrogen-bond donors (Lipinski definition) is 1. The second-order valence-electron chi connectivity index (χ2n) is 8.04. The van der Waals surface area contributed by atoms with E-state index in [1.807, 2.05) is 62.4 Å². The van der Waals surface area contributed by atoms with Gasteiger partial charge in [0.1, 0.15) is 11.5 Å². The normalized spacial score (nSPS) is 13.8. The number of ether oxygens (including phenoxy) is 2. The Bertz CT molecular complexity index is 1120. The van der Waals surface area contributed by atoms with Crippen molar-refractivity contribution in [2.24, 2.45) is 0 Å². The molecular formula is C27H30N2O4. The number of carbonyl (C=O) groups is 1. The molecule has 0 radical (unpaired) electrons. The van der Waals surface area contributed by atoms with Crippen molar-refractivity contribution in [1.82, 2.24) is 10.3 Å². The summed E-state index contributed by atoms with van der Waals surface area (Å²) in [6.45, 7) is 6.17. The van der Waals surface area contributed by atoms with E-state index in [2.05, 4.69) is 16.4 Å². The number of esters is 1. The highest BCUT2D eigenvalue weighted by Gasteiger charge is 2.20. The van der Waals surface area contributed by atoms with Crippen LogP contribution in [-0.2, 0) is 22.4 Å². The number of nitrogens with zero attached hydrogens (tertiary/aromatic N) is 1. The number of carbonyl (C=O) groups excluding carboxylic acids is 1. The molecule has 1 aliphatic rings. The predicted octanol–water partition coefficient (Wildman–Crippen LogP) is 4.67. The van der Waals surface area contributed by atoms with Crippen LogP contribution in [0.25, 0.3) is 11.5 Å². The zero-order chi connectivity index (χ0) is 23.0. The van der Waals surface area contributed by atoms with Gasteiger partial charge < -0.3 is 19.2 Å². The molecule has 0 saturated heterocycles. The molecule has 0 atom stereocenters. The van der Waals surface area contributed by atoms with Crippen molar-refractivity contribution in [3.63, 3.8) is 0 Å². The fourth-order valence-electron chi connectivity index (χ4n) is 3.99. The fraction of sp³-hybridized carbons (Fsp3) is 0.333. The van der Waals surface area contributed by atoms with Gasteiger partial charge >= 0.3 is 5.97 Å². The van der Waals surface area contributed by atoms with E-state index in [1.54, 1.807) is 0 Å². The Balaban J connectivity index is 1.38. The van der Waals surface area contributed by atoms with Crippen LogP contribution in [0.3, 0.4) is 0 Å². The molecule has 0 fully saturated rings. The number of nitrogens with one attached hydrogen (secondary N) is 1. The summed E-state index contributed by atoms with van der Waals surface area (Å²) < 4.78 is 17.1. The molecule has 1 N–H and O–H groups in total. The third-order valence-corrected chi connectivity index (χ3v) is 5.68. The van der Waals surface area contributed by atoms with Crippen LogP contribution in [0.2, 0.25) is 0 Å². The Hall–Kier alpha value is -3.38. The molecule has 1 aromatic heterocycles. The number of aromatic nitrogens is 1. The number of oxazole rings is 1. The molecule has 4 rings (SSSR count). The summed E-state index contributed by atoms with van der Waals surface area (Å²) in [5, 5.41) is 3.36. The predicted molar refractivity (Wildman–Crippen MR) is 127 cm³/mol. The van der Waals surface area contributed by atoms with Crippen LogP contribution in [-0.4, -0.2) is 37.3 Å². The molecule has 33 heavy (non-hydrogen) atoms. The Morgan fingerprint density at radius 3 is 2.82 bits per heavy atom. The van der Waals surface area contributed by atoms with Gasteiger partial charge in [0.05, 0.1) is 18.9 Å². The first kappa shape index (κ1) is 22.8. The number of hydrogen-bond acceptors (Lipinski definition) is 6. The third-order valence-electron chi connectivity index (χ3n) is 5.68. The lowest BCUT2D eigenvalue weighted by Gasteiger charge is -2.20. The maximum atomic E-state index is 12.3. The maximum Gasteiger partial charge on any atom is 0.334 e. The summed E-state index contributed by atoms with van der Waals surface area (Å²) >= 11 is 0. The molecule has 0 aliphatic carbocycles. The summed E-state index contributed by atoms with van der Waals surface area (Å²) in [5.74, 6) is 2.06. The van der Waals surface area contributed by atoms with Gasteiger partial charge in [0, 0.05) is 24.1 Å². The molecule has 0 amide bonds. The van der Waals surface area contributed by atoms with Gasteiger partial charge in [-0.15, -0.1) is 0 Å². The second-order valence-corrected chi connectivity index (χ2v) is 8.04. The number of aryl methyl sites for hydroxylation is 1. The molecule has 2 aromatic carbocycles. The summed E-state index contributed by atoms with van der Waals surface area (Å²) in [4.78, 5) is 17.0. The molecule has 3 aromatic rings. The standard InChI is InChI=1S/C27H30N2O4/c1-3-31-27(30)24-12-14-28-18-22(24)16-20-8-7-11-23(17-20)32-15-13-25-19(2)33-26(29-25)21-9-5-4-6-10-21/h4-11,17,28H,3,12-16,18H2,1-2H3. The molecular weight excluding hydrogens is 416 g/mol. The van der Waals surface area contributed by atoms with E-state index in [9.17, 15) is 4.79 Å². The van der Waals surface area contributed by atoms with E-state index in [4.69, 9.17) is 13.9 Å². The minimum absolute atomic E-state index is 0.195. The van der Waals surface area contributed by atoms with Crippen LogP contribution in [0, 0.1) is 6.92 Å². The minimum atomic E-state index is -0.195. The molecule has 0 unspecified atom stereocenters. The van der Waals surface area contributed by atoms with Crippen molar-refractivity contribution in [2.75, 3.05) is 26.3 Å². The molecule has 1 aliphatic heterocycles. The molecule has 0 saturated carbocycles. The van der Waals surface area contributed by atoms with E-state index in [1.165, 1.54) is 0 Å². The van der Waals surface area contributed by atoms with E-state index in [-0.39, 0.29) is 5.97 Å². The van der Waals surface area contributed by atoms with E-state index in [0.29, 0.717) is 44.9 Å². The van der Waals surface area contributed by atoms with Crippen molar-refractivity contribution in [1.29, 1.82) is 0 Å². The van der Waals surface area contributed by atoms with Crippen molar-refractivity contribution in [3.05, 3.63) is 82.8 Å². The number of benzene rings is 2. The zero-order valence-electron chi connectivity index (χ0n) is 19.2. The van der Waals surface area contributed by atoms with Gasteiger partial charge in [0.25, 0.3) is 0 Å². The second kappa shape index (κ2) is 11.0. The summed E-state index contributed by atoms with van der Waals surface area (Å²) in [6.07, 6.45) is 2.06. The van der Waals surface area contributed by atoms with Crippen LogP contribution in [0.4, 0.5) is 0 Å². The van der Waals surface area contributed by atoms with Crippen LogP contribution in [0.15, 0.2) is 70.2 Å². The summed E-state index contributed by atoms with van der Waals surface area (Å²) in [6, 6.07) is 17.9. The average Bonchev–Trinajstić information content (AvgIpc) is 3.21. The van der Waals surface area contributed by atoms with E-state index >= 15 is 0 Å². The molecule has 2 heterocycles. The minimum Gasteiger partial charge on any atom is -0.493 e. The first-order valence-electron chi connectivity index (χ1n) is 11.5. The Labute approximate surface area is 194 Å². The number of rotatable bonds is 9. The van der Waals surface area contributed by atoms with E-state index in [0.717, 1.165) is 46.0 Å². The van der Waals surface area contributed by atoms with E-state index < -0.39 is 0 Å². The first-order valence-corrected chi connectivity index (χ1v) is 11.5. The Morgan fingerprint density at radius 1 is 1.15 bits per heavy atom. The van der Waals surface area contributed by atoms with Gasteiger partial charge in [-0.1, -0.05) is 30.3 Å². The van der Waals surface area contributed by atoms with Gasteiger partial charge in [-0.2, -0.15) is 0 Å². The van der Waals surface area contributed by atoms with Gasteiger partial charge in [0.2, 0.25) is 5.89 Å². The monoisotopic (exact) mass is 446 g/mol. The van der Waals surface area contributed by atoms with Crippen molar-refractivity contribution < 1.29 is 18.7 Å². The fourth-order valence-corrected chi connectivity index (χ4v) is 3.99. The van der Waals surface area contributed by atoms with Crippen LogP contribution >= 0.6 is 0 Å².